The maximum Gasteiger partial charge on any atom is 0.409 e. The van der Waals surface area contributed by atoms with Crippen LogP contribution in [0.25, 0.3) is 11.2 Å². The summed E-state index contributed by atoms with van der Waals surface area (Å²) in [5, 5.41) is 27.5. The summed E-state index contributed by atoms with van der Waals surface area (Å²) < 4.78 is 1.96. The quantitative estimate of drug-likeness (QED) is 0.416. The van der Waals surface area contributed by atoms with Crippen LogP contribution >= 0.6 is 0 Å². The Morgan fingerprint density at radius 1 is 1.13 bits per heavy atom. The van der Waals surface area contributed by atoms with E-state index in [1.165, 1.54) is 0 Å². The fourth-order valence-corrected chi connectivity index (χ4v) is 3.63. The molecule has 1 aliphatic rings. The number of rotatable bonds is 6. The third-order valence-electron chi connectivity index (χ3n) is 5.23. The number of imidazole rings is 1. The van der Waals surface area contributed by atoms with Crippen molar-refractivity contribution in [3.63, 3.8) is 0 Å². The first-order chi connectivity index (χ1) is 14.5. The van der Waals surface area contributed by atoms with Gasteiger partial charge in [-0.3, -0.25) is 5.32 Å². The van der Waals surface area contributed by atoms with Crippen LogP contribution in [-0.4, -0.2) is 48.0 Å². The van der Waals surface area contributed by atoms with Crippen molar-refractivity contribution in [2.45, 2.75) is 51.3 Å². The van der Waals surface area contributed by atoms with Gasteiger partial charge in [-0.2, -0.15) is 9.97 Å². The van der Waals surface area contributed by atoms with Gasteiger partial charge in [0.25, 0.3) is 0 Å². The summed E-state index contributed by atoms with van der Waals surface area (Å²) in [4.78, 5) is 24.5. The second kappa shape index (κ2) is 8.54. The number of benzene rings is 1. The Morgan fingerprint density at radius 3 is 2.50 bits per heavy atom. The summed E-state index contributed by atoms with van der Waals surface area (Å²) in [5.41, 5.74) is 2.63. The summed E-state index contributed by atoms with van der Waals surface area (Å²) in [6.07, 6.45) is 3.70. The molecule has 10 heteroatoms. The van der Waals surface area contributed by atoms with Crippen molar-refractivity contribution in [3.8, 4) is 0 Å². The van der Waals surface area contributed by atoms with E-state index in [0.29, 0.717) is 23.0 Å². The second-order valence-corrected chi connectivity index (χ2v) is 7.38. The maximum absolute atomic E-state index is 10.8. The molecule has 0 aliphatic heterocycles. The summed E-state index contributed by atoms with van der Waals surface area (Å²) in [7, 11) is 0. The molecule has 1 fully saturated rings. The Hall–Kier alpha value is -3.40. The number of carboxylic acid groups (broad SMARTS) is 1. The SMILES string of the molecule is CCn1cnc2c(Nc3ccc(NC(=O)O)cc3)nc(NC3CCC(O)CC3)nc21. The van der Waals surface area contributed by atoms with Gasteiger partial charge >= 0.3 is 6.09 Å². The van der Waals surface area contributed by atoms with Crippen LogP contribution in [0.1, 0.15) is 32.6 Å². The zero-order valence-corrected chi connectivity index (χ0v) is 16.7. The smallest absolute Gasteiger partial charge is 0.409 e. The van der Waals surface area contributed by atoms with Gasteiger partial charge in [-0.05, 0) is 56.9 Å². The van der Waals surface area contributed by atoms with Crippen LogP contribution in [0, 0.1) is 0 Å². The Morgan fingerprint density at radius 2 is 1.83 bits per heavy atom. The molecule has 0 saturated heterocycles. The van der Waals surface area contributed by atoms with Gasteiger partial charge in [-0.15, -0.1) is 0 Å². The molecular formula is C20H25N7O3. The van der Waals surface area contributed by atoms with Gasteiger partial charge in [0.1, 0.15) is 0 Å². The van der Waals surface area contributed by atoms with Gasteiger partial charge in [0.2, 0.25) is 5.95 Å². The van der Waals surface area contributed by atoms with Crippen molar-refractivity contribution >= 4 is 40.4 Å². The molecule has 0 atom stereocenters. The van der Waals surface area contributed by atoms with E-state index in [-0.39, 0.29) is 12.1 Å². The average Bonchev–Trinajstić information content (AvgIpc) is 3.14. The number of anilines is 4. The second-order valence-electron chi connectivity index (χ2n) is 7.38. The van der Waals surface area contributed by atoms with E-state index in [9.17, 15) is 9.90 Å². The first-order valence-electron chi connectivity index (χ1n) is 10.1. The minimum absolute atomic E-state index is 0.219. The lowest BCUT2D eigenvalue weighted by Crippen LogP contribution is -2.29. The van der Waals surface area contributed by atoms with Gasteiger partial charge in [-0.25, -0.2) is 9.78 Å². The standard InChI is InChI=1S/C20H25N7O3/c1-2-27-11-21-16-17(22-12-3-5-14(6-4-12)24-20(29)30)25-19(26-18(16)27)23-13-7-9-15(28)10-8-13/h3-6,11,13,15,24,28H,2,7-10H2,1H3,(H,29,30)(H2,22,23,25,26). The van der Waals surface area contributed by atoms with E-state index in [0.717, 1.165) is 43.6 Å². The summed E-state index contributed by atoms with van der Waals surface area (Å²) in [5.74, 6) is 1.09. The maximum atomic E-state index is 10.8. The summed E-state index contributed by atoms with van der Waals surface area (Å²) in [6, 6.07) is 7.10. The number of fused-ring (bicyclic) bond motifs is 1. The Labute approximate surface area is 173 Å². The van der Waals surface area contributed by atoms with E-state index >= 15 is 0 Å². The minimum Gasteiger partial charge on any atom is -0.465 e. The van der Waals surface area contributed by atoms with Crippen molar-refractivity contribution in [2.24, 2.45) is 0 Å². The minimum atomic E-state index is -1.11. The molecule has 158 valence electrons. The van der Waals surface area contributed by atoms with Crippen molar-refractivity contribution in [2.75, 3.05) is 16.0 Å². The molecule has 1 amide bonds. The number of hydrogen-bond acceptors (Lipinski definition) is 7. The van der Waals surface area contributed by atoms with Crippen molar-refractivity contribution in [3.05, 3.63) is 30.6 Å². The highest BCUT2D eigenvalue weighted by Gasteiger charge is 2.21. The predicted molar refractivity (Wildman–Crippen MR) is 114 cm³/mol. The molecule has 0 unspecified atom stereocenters. The molecule has 30 heavy (non-hydrogen) atoms. The van der Waals surface area contributed by atoms with E-state index in [1.54, 1.807) is 30.6 Å². The fraction of sp³-hybridized carbons (Fsp3) is 0.400. The molecule has 10 nitrogen and oxygen atoms in total. The molecule has 2 aromatic heterocycles. The third kappa shape index (κ3) is 4.43. The molecule has 1 aliphatic carbocycles. The van der Waals surface area contributed by atoms with E-state index in [2.05, 4.69) is 30.9 Å². The first kappa shape index (κ1) is 19.9. The van der Waals surface area contributed by atoms with E-state index < -0.39 is 6.09 Å². The van der Waals surface area contributed by atoms with Crippen LogP contribution in [0.4, 0.5) is 27.9 Å². The van der Waals surface area contributed by atoms with Gasteiger partial charge in [-0.1, -0.05) is 0 Å². The summed E-state index contributed by atoms with van der Waals surface area (Å²) in [6.45, 7) is 2.76. The fourth-order valence-electron chi connectivity index (χ4n) is 3.63. The van der Waals surface area contributed by atoms with Crippen LogP contribution in [0.3, 0.4) is 0 Å². The molecule has 5 N–H and O–H groups in total. The topological polar surface area (TPSA) is 137 Å². The van der Waals surface area contributed by atoms with Gasteiger partial charge in [0, 0.05) is 24.0 Å². The molecule has 4 rings (SSSR count). The molecule has 1 saturated carbocycles. The van der Waals surface area contributed by atoms with Crippen molar-refractivity contribution < 1.29 is 15.0 Å². The monoisotopic (exact) mass is 411 g/mol. The zero-order chi connectivity index (χ0) is 21.1. The number of nitrogens with one attached hydrogen (secondary N) is 3. The number of aromatic nitrogens is 4. The number of nitrogens with zero attached hydrogens (tertiary/aromatic N) is 4. The first-order valence-corrected chi connectivity index (χ1v) is 10.1. The normalized spacial score (nSPS) is 18.9. The average molecular weight is 411 g/mol. The lowest BCUT2D eigenvalue weighted by molar-refractivity contribution is 0.126. The molecule has 2 heterocycles. The van der Waals surface area contributed by atoms with Gasteiger partial charge in [0.05, 0.1) is 12.4 Å². The molecule has 0 bridgehead atoms. The number of aliphatic hydroxyl groups excluding tert-OH is 1. The highest BCUT2D eigenvalue weighted by atomic mass is 16.4. The lowest BCUT2D eigenvalue weighted by atomic mass is 9.93. The van der Waals surface area contributed by atoms with Crippen LogP contribution < -0.4 is 16.0 Å². The van der Waals surface area contributed by atoms with Crippen LogP contribution in [0.2, 0.25) is 0 Å². The third-order valence-corrected chi connectivity index (χ3v) is 5.23. The zero-order valence-electron chi connectivity index (χ0n) is 16.7. The lowest BCUT2D eigenvalue weighted by Gasteiger charge is -2.26. The van der Waals surface area contributed by atoms with E-state index in [4.69, 9.17) is 5.11 Å². The Balaban J connectivity index is 1.61. The Kier molecular flexibility index (Phi) is 5.66. The number of carbonyl (C=O) groups is 1. The van der Waals surface area contributed by atoms with Crippen molar-refractivity contribution in [1.82, 2.24) is 19.5 Å². The van der Waals surface area contributed by atoms with Crippen LogP contribution in [0.5, 0.6) is 0 Å². The molecule has 0 radical (unpaired) electrons. The Bertz CT molecular complexity index is 1030. The van der Waals surface area contributed by atoms with Crippen LogP contribution in [0.15, 0.2) is 30.6 Å². The predicted octanol–water partition coefficient (Wildman–Crippen LogP) is 3.40. The van der Waals surface area contributed by atoms with Crippen LogP contribution in [-0.2, 0) is 6.54 Å². The molecule has 0 spiro atoms. The number of aliphatic hydroxyl groups is 1. The number of amides is 1. The molecule has 3 aromatic rings. The highest BCUT2D eigenvalue weighted by Crippen LogP contribution is 2.27. The van der Waals surface area contributed by atoms with Gasteiger partial charge in [0.15, 0.2) is 17.0 Å². The van der Waals surface area contributed by atoms with Crippen molar-refractivity contribution in [1.29, 1.82) is 0 Å². The highest BCUT2D eigenvalue weighted by molar-refractivity contribution is 5.87. The van der Waals surface area contributed by atoms with Gasteiger partial charge < -0.3 is 25.4 Å². The number of aryl methyl sites for hydroxylation is 1. The molecule has 1 aromatic carbocycles. The largest absolute Gasteiger partial charge is 0.465 e. The number of hydrogen-bond donors (Lipinski definition) is 5. The molecular weight excluding hydrogens is 386 g/mol. The summed E-state index contributed by atoms with van der Waals surface area (Å²) >= 11 is 0. The van der Waals surface area contributed by atoms with E-state index in [1.807, 2.05) is 11.5 Å².